The van der Waals surface area contributed by atoms with Gasteiger partial charge in [-0.25, -0.2) is 0 Å². The average Bonchev–Trinajstić information content (AvgIpc) is 2.54. The van der Waals surface area contributed by atoms with Crippen LogP contribution in [0.25, 0.3) is 0 Å². The maximum atomic E-state index is 11.1. The lowest BCUT2D eigenvalue weighted by Crippen LogP contribution is -2.42. The summed E-state index contributed by atoms with van der Waals surface area (Å²) < 4.78 is 0. The first kappa shape index (κ1) is 10.5. The summed E-state index contributed by atoms with van der Waals surface area (Å²) in [7, 11) is 1.90. The first-order valence-electron chi connectivity index (χ1n) is 5.16. The fraction of sp³-hybridized carbons (Fsp3) is 0.250. The molecule has 0 amide bonds. The Morgan fingerprint density at radius 1 is 1.31 bits per heavy atom. The molecule has 4 nitrogen and oxygen atoms in total. The van der Waals surface area contributed by atoms with Gasteiger partial charge in [-0.15, -0.1) is 0 Å². The Kier molecular flexibility index (Phi) is 2.56. The summed E-state index contributed by atoms with van der Waals surface area (Å²) in [4.78, 5) is 11.1. The zero-order valence-corrected chi connectivity index (χ0v) is 9.42. The molecule has 1 unspecified atom stereocenters. The van der Waals surface area contributed by atoms with E-state index in [0.29, 0.717) is 5.70 Å². The minimum absolute atomic E-state index is 0.396. The minimum atomic E-state index is -0.396. The lowest BCUT2D eigenvalue weighted by atomic mass is 10.2. The van der Waals surface area contributed by atoms with Gasteiger partial charge in [-0.1, -0.05) is 18.2 Å². The van der Waals surface area contributed by atoms with Crippen molar-refractivity contribution in [3.05, 3.63) is 41.7 Å². The van der Waals surface area contributed by atoms with Crippen LogP contribution in [-0.4, -0.2) is 24.4 Å². The average molecular weight is 217 g/mol. The van der Waals surface area contributed by atoms with E-state index in [9.17, 15) is 4.79 Å². The van der Waals surface area contributed by atoms with Gasteiger partial charge in [-0.3, -0.25) is 10.0 Å². The van der Waals surface area contributed by atoms with E-state index in [4.69, 9.17) is 5.73 Å². The molecule has 1 atom stereocenters. The largest absolute Gasteiger partial charge is 0.398 e. The summed E-state index contributed by atoms with van der Waals surface area (Å²) in [6.45, 7) is 1.91. The van der Waals surface area contributed by atoms with Crippen LogP contribution in [0.1, 0.15) is 6.92 Å². The second-order valence-corrected chi connectivity index (χ2v) is 3.83. The van der Waals surface area contributed by atoms with Gasteiger partial charge in [0, 0.05) is 7.05 Å². The Hall–Kier alpha value is -1.97. The Bertz CT molecular complexity index is 427. The van der Waals surface area contributed by atoms with Crippen LogP contribution in [0.3, 0.4) is 0 Å². The molecule has 1 aromatic rings. The van der Waals surface area contributed by atoms with Crippen molar-refractivity contribution < 1.29 is 4.79 Å². The number of anilines is 1. The molecule has 0 spiro atoms. The summed E-state index contributed by atoms with van der Waals surface area (Å²) in [5.41, 5.74) is 8.41. The van der Waals surface area contributed by atoms with Crippen molar-refractivity contribution in [2.75, 3.05) is 12.1 Å². The van der Waals surface area contributed by atoms with Gasteiger partial charge in [0.2, 0.25) is 0 Å². The molecule has 1 aliphatic heterocycles. The fourth-order valence-corrected chi connectivity index (χ4v) is 1.93. The Labute approximate surface area is 94.9 Å². The summed E-state index contributed by atoms with van der Waals surface area (Å²) in [6.07, 6.45) is 0.870. The van der Waals surface area contributed by atoms with Gasteiger partial charge < -0.3 is 10.5 Å². The molecule has 16 heavy (non-hydrogen) atoms. The van der Waals surface area contributed by atoms with Gasteiger partial charge in [-0.2, -0.15) is 0 Å². The number of carbonyl (C=O) groups is 1. The zero-order chi connectivity index (χ0) is 11.7. The van der Waals surface area contributed by atoms with Crippen molar-refractivity contribution in [1.29, 1.82) is 0 Å². The lowest BCUT2D eigenvalue weighted by Gasteiger charge is -2.32. The summed E-state index contributed by atoms with van der Waals surface area (Å²) in [5.74, 6) is 0. The molecule has 4 heteroatoms. The quantitative estimate of drug-likeness (QED) is 0.754. The topological polar surface area (TPSA) is 49.6 Å². The van der Waals surface area contributed by atoms with Gasteiger partial charge in [0.1, 0.15) is 6.04 Å². The highest BCUT2D eigenvalue weighted by atomic mass is 16.1. The molecule has 1 heterocycles. The molecular weight excluding hydrogens is 202 g/mol. The molecular formula is C12H15N3O. The van der Waals surface area contributed by atoms with Gasteiger partial charge in [-0.05, 0) is 19.1 Å². The Morgan fingerprint density at radius 2 is 1.94 bits per heavy atom. The van der Waals surface area contributed by atoms with E-state index >= 15 is 0 Å². The maximum absolute atomic E-state index is 11.1. The molecule has 0 radical (unpaired) electrons. The van der Waals surface area contributed by atoms with Gasteiger partial charge in [0.05, 0.1) is 17.1 Å². The highest BCUT2D eigenvalue weighted by molar-refractivity contribution is 5.72. The number of nitrogens with zero attached hydrogens (tertiary/aromatic N) is 2. The predicted octanol–water partition coefficient (Wildman–Crippen LogP) is 1.11. The Balaban J connectivity index is 2.41. The number of hydrogen-bond donors (Lipinski definition) is 1. The number of nitrogens with two attached hydrogens (primary N) is 1. The van der Waals surface area contributed by atoms with Crippen molar-refractivity contribution in [2.24, 2.45) is 5.73 Å². The van der Waals surface area contributed by atoms with Crippen molar-refractivity contribution in [2.45, 2.75) is 13.0 Å². The van der Waals surface area contributed by atoms with Gasteiger partial charge in [0.15, 0.2) is 6.29 Å². The number of allylic oxidation sites excluding steroid dienone is 1. The minimum Gasteiger partial charge on any atom is -0.398 e. The van der Waals surface area contributed by atoms with Crippen LogP contribution in [0.2, 0.25) is 0 Å². The number of benzene rings is 1. The van der Waals surface area contributed by atoms with Crippen LogP contribution in [0.15, 0.2) is 41.7 Å². The number of hydrogen-bond acceptors (Lipinski definition) is 4. The van der Waals surface area contributed by atoms with E-state index in [0.717, 1.165) is 17.7 Å². The SMILES string of the molecule is CC1=C(N)C(C=O)N(c2ccccc2)N1C. The second kappa shape index (κ2) is 3.89. The molecule has 0 saturated carbocycles. The third-order valence-electron chi connectivity index (χ3n) is 2.96. The van der Waals surface area contributed by atoms with Gasteiger partial charge >= 0.3 is 0 Å². The maximum Gasteiger partial charge on any atom is 0.150 e. The van der Waals surface area contributed by atoms with E-state index in [2.05, 4.69) is 0 Å². The second-order valence-electron chi connectivity index (χ2n) is 3.83. The van der Waals surface area contributed by atoms with Crippen molar-refractivity contribution in [3.63, 3.8) is 0 Å². The summed E-state index contributed by atoms with van der Waals surface area (Å²) in [5, 5.41) is 3.79. The van der Waals surface area contributed by atoms with Crippen LogP contribution in [-0.2, 0) is 4.79 Å². The molecule has 0 saturated heterocycles. The standard InChI is InChI=1S/C12H15N3O/c1-9-12(13)11(8-16)15(14(9)2)10-6-4-3-5-7-10/h3-8,11H,13H2,1-2H3. The van der Waals surface area contributed by atoms with E-state index in [1.807, 2.05) is 54.3 Å². The molecule has 1 aliphatic rings. The molecule has 1 aromatic carbocycles. The molecule has 0 aliphatic carbocycles. The molecule has 2 N–H and O–H groups in total. The Morgan fingerprint density at radius 3 is 2.50 bits per heavy atom. The molecule has 84 valence electrons. The summed E-state index contributed by atoms with van der Waals surface area (Å²) >= 11 is 0. The van der Waals surface area contributed by atoms with Crippen molar-refractivity contribution in [3.8, 4) is 0 Å². The highest BCUT2D eigenvalue weighted by Gasteiger charge is 2.33. The normalized spacial score (nSPS) is 20.5. The number of carbonyl (C=O) groups excluding carboxylic acids is 1. The van der Waals surface area contributed by atoms with Crippen LogP contribution in [0.4, 0.5) is 5.69 Å². The fourth-order valence-electron chi connectivity index (χ4n) is 1.93. The van der Waals surface area contributed by atoms with E-state index in [1.54, 1.807) is 0 Å². The number of rotatable bonds is 2. The van der Waals surface area contributed by atoms with Gasteiger partial charge in [0.25, 0.3) is 0 Å². The van der Waals surface area contributed by atoms with E-state index < -0.39 is 6.04 Å². The van der Waals surface area contributed by atoms with E-state index in [1.165, 1.54) is 0 Å². The number of para-hydroxylation sites is 1. The highest BCUT2D eigenvalue weighted by Crippen LogP contribution is 2.29. The van der Waals surface area contributed by atoms with Crippen molar-refractivity contribution >= 4 is 12.0 Å². The lowest BCUT2D eigenvalue weighted by molar-refractivity contribution is -0.108. The van der Waals surface area contributed by atoms with Crippen molar-refractivity contribution in [1.82, 2.24) is 5.01 Å². The monoisotopic (exact) mass is 217 g/mol. The first-order valence-corrected chi connectivity index (χ1v) is 5.16. The predicted molar refractivity (Wildman–Crippen MR) is 63.4 cm³/mol. The summed E-state index contributed by atoms with van der Waals surface area (Å²) in [6, 6.07) is 9.34. The third-order valence-corrected chi connectivity index (χ3v) is 2.96. The number of aldehydes is 1. The smallest absolute Gasteiger partial charge is 0.150 e. The third kappa shape index (κ3) is 1.43. The molecule has 0 aromatic heterocycles. The number of hydrazine groups is 1. The van der Waals surface area contributed by atoms with Crippen LogP contribution in [0.5, 0.6) is 0 Å². The first-order chi connectivity index (χ1) is 7.66. The molecule has 0 fully saturated rings. The van der Waals surface area contributed by atoms with Crippen LogP contribution >= 0.6 is 0 Å². The van der Waals surface area contributed by atoms with E-state index in [-0.39, 0.29) is 0 Å². The van der Waals surface area contributed by atoms with Crippen LogP contribution in [0, 0.1) is 0 Å². The zero-order valence-electron chi connectivity index (χ0n) is 9.42. The molecule has 2 rings (SSSR count). The molecule has 0 bridgehead atoms. The van der Waals surface area contributed by atoms with Crippen LogP contribution < -0.4 is 10.7 Å².